The average Bonchev–Trinajstić information content (AvgIpc) is 2.47. The van der Waals surface area contributed by atoms with Crippen LogP contribution in [0.25, 0.3) is 0 Å². The molecule has 0 aliphatic rings. The predicted molar refractivity (Wildman–Crippen MR) is 80.1 cm³/mol. The van der Waals surface area contributed by atoms with Crippen molar-refractivity contribution in [3.63, 3.8) is 0 Å². The number of carbonyl (C=O) groups excluding carboxylic acids is 1. The van der Waals surface area contributed by atoms with Crippen molar-refractivity contribution in [3.8, 4) is 5.75 Å². The normalized spacial score (nSPS) is 11.9. The lowest BCUT2D eigenvalue weighted by molar-refractivity contribution is 0.102. The molecule has 1 unspecified atom stereocenters. The van der Waals surface area contributed by atoms with E-state index in [4.69, 9.17) is 16.3 Å². The van der Waals surface area contributed by atoms with Gasteiger partial charge in [0.05, 0.1) is 28.6 Å². The first kappa shape index (κ1) is 14.8. The molecule has 2 aromatic carbocycles. The van der Waals surface area contributed by atoms with E-state index in [9.17, 15) is 9.00 Å². The number of para-hydroxylation sites is 1. The van der Waals surface area contributed by atoms with E-state index in [1.807, 2.05) is 0 Å². The summed E-state index contributed by atoms with van der Waals surface area (Å²) in [7, 11) is 0.0727. The van der Waals surface area contributed by atoms with Gasteiger partial charge in [0.25, 0.3) is 0 Å². The van der Waals surface area contributed by atoms with Gasteiger partial charge in [0.1, 0.15) is 5.75 Å². The molecule has 0 bridgehead atoms. The summed E-state index contributed by atoms with van der Waals surface area (Å²) < 4.78 is 17.4. The minimum Gasteiger partial charge on any atom is -0.495 e. The van der Waals surface area contributed by atoms with Gasteiger partial charge in [-0.25, -0.2) is 0 Å². The summed E-state index contributed by atoms with van der Waals surface area (Å²) in [6.45, 7) is 0. The third-order valence-corrected chi connectivity index (χ3v) is 4.35. The number of rotatable bonds is 5. The van der Waals surface area contributed by atoms with Gasteiger partial charge < -0.3 is 4.74 Å². The minimum atomic E-state index is -1.44. The van der Waals surface area contributed by atoms with Crippen LogP contribution in [0, 0.1) is 0 Å². The van der Waals surface area contributed by atoms with Crippen molar-refractivity contribution in [1.29, 1.82) is 0 Å². The van der Waals surface area contributed by atoms with E-state index < -0.39 is 10.8 Å². The van der Waals surface area contributed by atoms with Crippen molar-refractivity contribution in [2.45, 2.75) is 4.90 Å². The van der Waals surface area contributed by atoms with E-state index in [0.717, 1.165) is 0 Å². The number of methoxy groups -OCH3 is 1. The zero-order chi connectivity index (χ0) is 14.5. The van der Waals surface area contributed by atoms with E-state index in [1.54, 1.807) is 48.5 Å². The molecule has 0 fully saturated rings. The lowest BCUT2D eigenvalue weighted by Crippen LogP contribution is -2.11. The summed E-state index contributed by atoms with van der Waals surface area (Å²) >= 11 is 5.77. The highest BCUT2D eigenvalue weighted by Crippen LogP contribution is 2.22. The molecule has 2 aromatic rings. The number of ketones is 1. The number of ether oxygens (including phenoxy) is 1. The molecule has 20 heavy (non-hydrogen) atoms. The van der Waals surface area contributed by atoms with Crippen LogP contribution >= 0.6 is 11.6 Å². The summed E-state index contributed by atoms with van der Waals surface area (Å²) in [6.07, 6.45) is 0. The standard InChI is InChI=1S/C15H13ClO3S/c1-19-14-4-2-3-5-15(14)20(18)10-13(17)11-6-8-12(16)9-7-11/h2-9H,10H2,1H3. The summed E-state index contributed by atoms with van der Waals surface area (Å²) in [5.41, 5.74) is 0.498. The van der Waals surface area contributed by atoms with Gasteiger partial charge in [-0.2, -0.15) is 0 Å². The Hall–Kier alpha value is -1.65. The maximum absolute atomic E-state index is 12.3. The molecule has 0 saturated carbocycles. The Morgan fingerprint density at radius 2 is 1.80 bits per heavy atom. The van der Waals surface area contributed by atoms with Crippen LogP contribution < -0.4 is 4.74 Å². The second-order valence-corrected chi connectivity index (χ2v) is 5.93. The van der Waals surface area contributed by atoms with E-state index in [1.165, 1.54) is 7.11 Å². The SMILES string of the molecule is COc1ccccc1S(=O)CC(=O)c1ccc(Cl)cc1. The topological polar surface area (TPSA) is 43.4 Å². The van der Waals surface area contributed by atoms with Gasteiger partial charge in [-0.05, 0) is 36.4 Å². The van der Waals surface area contributed by atoms with Crippen molar-refractivity contribution in [2.24, 2.45) is 0 Å². The molecular weight excluding hydrogens is 296 g/mol. The molecule has 0 aromatic heterocycles. The van der Waals surface area contributed by atoms with Crippen molar-refractivity contribution in [2.75, 3.05) is 12.9 Å². The monoisotopic (exact) mass is 308 g/mol. The Labute approximate surface area is 125 Å². The quantitative estimate of drug-likeness (QED) is 0.796. The van der Waals surface area contributed by atoms with Crippen LogP contribution in [-0.2, 0) is 10.8 Å². The molecule has 0 amide bonds. The lowest BCUT2D eigenvalue weighted by atomic mass is 10.1. The third-order valence-electron chi connectivity index (χ3n) is 2.74. The maximum atomic E-state index is 12.3. The first-order valence-electron chi connectivity index (χ1n) is 5.92. The molecule has 0 radical (unpaired) electrons. The van der Waals surface area contributed by atoms with Gasteiger partial charge in [0.15, 0.2) is 5.78 Å². The smallest absolute Gasteiger partial charge is 0.175 e. The fraction of sp³-hybridized carbons (Fsp3) is 0.133. The van der Waals surface area contributed by atoms with Crippen molar-refractivity contribution < 1.29 is 13.7 Å². The van der Waals surface area contributed by atoms with Crippen molar-refractivity contribution >= 4 is 28.2 Å². The van der Waals surface area contributed by atoms with Gasteiger partial charge in [-0.15, -0.1) is 0 Å². The number of benzene rings is 2. The second-order valence-electron chi connectivity index (χ2n) is 4.07. The molecule has 0 N–H and O–H groups in total. The average molecular weight is 309 g/mol. The van der Waals surface area contributed by atoms with Crippen LogP contribution in [0.1, 0.15) is 10.4 Å². The fourth-order valence-electron chi connectivity index (χ4n) is 1.72. The molecule has 1 atom stereocenters. The van der Waals surface area contributed by atoms with Crippen LogP contribution in [0.4, 0.5) is 0 Å². The summed E-state index contributed by atoms with van der Waals surface area (Å²) in [4.78, 5) is 12.6. The first-order chi connectivity index (χ1) is 9.61. The number of hydrogen-bond donors (Lipinski definition) is 0. The predicted octanol–water partition coefficient (Wildman–Crippen LogP) is 3.34. The van der Waals surface area contributed by atoms with Crippen LogP contribution in [-0.4, -0.2) is 22.9 Å². The molecular formula is C15H13ClO3S. The first-order valence-corrected chi connectivity index (χ1v) is 7.61. The molecule has 104 valence electrons. The molecule has 3 nitrogen and oxygen atoms in total. The fourth-order valence-corrected chi connectivity index (χ4v) is 3.02. The summed E-state index contributed by atoms with van der Waals surface area (Å²) in [5, 5.41) is 0.562. The highest BCUT2D eigenvalue weighted by Gasteiger charge is 2.15. The highest BCUT2D eigenvalue weighted by atomic mass is 35.5. The Kier molecular flexibility index (Phi) is 4.93. The van der Waals surface area contributed by atoms with Crippen molar-refractivity contribution in [3.05, 3.63) is 59.1 Å². The van der Waals surface area contributed by atoms with Crippen LogP contribution in [0.5, 0.6) is 5.75 Å². The van der Waals surface area contributed by atoms with Crippen LogP contribution in [0.15, 0.2) is 53.4 Å². The molecule has 0 aliphatic carbocycles. The maximum Gasteiger partial charge on any atom is 0.175 e. The zero-order valence-corrected chi connectivity index (χ0v) is 12.4. The van der Waals surface area contributed by atoms with Gasteiger partial charge in [0, 0.05) is 10.6 Å². The molecule has 0 heterocycles. The van der Waals surface area contributed by atoms with Crippen molar-refractivity contribution in [1.82, 2.24) is 0 Å². The van der Waals surface area contributed by atoms with E-state index in [-0.39, 0.29) is 11.5 Å². The van der Waals surface area contributed by atoms with E-state index in [0.29, 0.717) is 21.2 Å². The van der Waals surface area contributed by atoms with Gasteiger partial charge >= 0.3 is 0 Å². The minimum absolute atomic E-state index is 0.0813. The number of hydrogen-bond acceptors (Lipinski definition) is 3. The summed E-state index contributed by atoms with van der Waals surface area (Å²) in [5.74, 6) is 0.253. The van der Waals surface area contributed by atoms with Gasteiger partial charge in [0.2, 0.25) is 0 Å². The number of carbonyl (C=O) groups is 1. The molecule has 5 heteroatoms. The summed E-state index contributed by atoms with van der Waals surface area (Å²) in [6, 6.07) is 13.5. The van der Waals surface area contributed by atoms with E-state index in [2.05, 4.69) is 0 Å². The lowest BCUT2D eigenvalue weighted by Gasteiger charge is -2.07. The Morgan fingerprint density at radius 1 is 1.15 bits per heavy atom. The van der Waals surface area contributed by atoms with Gasteiger partial charge in [-0.3, -0.25) is 9.00 Å². The van der Waals surface area contributed by atoms with E-state index >= 15 is 0 Å². The largest absolute Gasteiger partial charge is 0.495 e. The Balaban J connectivity index is 2.15. The number of Topliss-reactive ketones (excluding diaryl/α,β-unsaturated/α-hetero) is 1. The Bertz CT molecular complexity index is 638. The van der Waals surface area contributed by atoms with Gasteiger partial charge in [-0.1, -0.05) is 23.7 Å². The molecule has 2 rings (SSSR count). The molecule has 0 saturated heterocycles. The second kappa shape index (κ2) is 6.68. The Morgan fingerprint density at radius 3 is 2.45 bits per heavy atom. The highest BCUT2D eigenvalue weighted by molar-refractivity contribution is 7.86. The van der Waals surface area contributed by atoms with Crippen LogP contribution in [0.3, 0.4) is 0 Å². The third kappa shape index (κ3) is 3.46. The molecule has 0 aliphatic heterocycles. The molecule has 0 spiro atoms. The number of halogens is 1. The zero-order valence-electron chi connectivity index (χ0n) is 10.8. The van der Waals surface area contributed by atoms with Crippen LogP contribution in [0.2, 0.25) is 5.02 Å².